The van der Waals surface area contributed by atoms with Crippen molar-refractivity contribution in [1.82, 2.24) is 5.32 Å². The number of dihydropyridines is 1. The molecular formula is C18H15N3O4S. The molecule has 26 heavy (non-hydrogen) atoms. The van der Waals surface area contributed by atoms with E-state index in [4.69, 9.17) is 10.5 Å². The summed E-state index contributed by atoms with van der Waals surface area (Å²) in [7, 11) is 1.24. The van der Waals surface area contributed by atoms with Crippen LogP contribution >= 0.6 is 11.3 Å². The van der Waals surface area contributed by atoms with Gasteiger partial charge in [0.25, 0.3) is 0 Å². The summed E-state index contributed by atoms with van der Waals surface area (Å²) in [6.07, 6.45) is 0. The van der Waals surface area contributed by atoms with Crippen molar-refractivity contribution in [3.63, 3.8) is 0 Å². The Morgan fingerprint density at radius 2 is 2.12 bits per heavy atom. The lowest BCUT2D eigenvalue weighted by molar-refractivity contribution is -0.136. The molecular weight excluding hydrogens is 354 g/mol. The molecule has 7 nitrogen and oxygen atoms in total. The van der Waals surface area contributed by atoms with Gasteiger partial charge in [0.2, 0.25) is 0 Å². The van der Waals surface area contributed by atoms with E-state index in [1.54, 1.807) is 30.5 Å². The number of methoxy groups -OCH3 is 1. The van der Waals surface area contributed by atoms with E-state index in [9.17, 15) is 20.0 Å². The summed E-state index contributed by atoms with van der Waals surface area (Å²) in [4.78, 5) is 24.3. The van der Waals surface area contributed by atoms with Crippen LogP contribution in [0.5, 0.6) is 0 Å². The summed E-state index contributed by atoms with van der Waals surface area (Å²) < 4.78 is 5.60. The second kappa shape index (κ2) is 6.54. The van der Waals surface area contributed by atoms with Crippen LogP contribution in [0.1, 0.15) is 24.0 Å². The van der Waals surface area contributed by atoms with Gasteiger partial charge in [0, 0.05) is 5.70 Å². The maximum absolute atomic E-state index is 12.4. The normalized spacial score (nSPS) is 17.0. The predicted octanol–water partition coefficient (Wildman–Crippen LogP) is 2.16. The van der Waals surface area contributed by atoms with E-state index in [2.05, 4.69) is 11.4 Å². The van der Waals surface area contributed by atoms with Crippen LogP contribution in [0.2, 0.25) is 0 Å². The number of ether oxygens (including phenoxy) is 1. The smallest absolute Gasteiger partial charge is 0.336 e. The number of aliphatic carboxylic acids is 1. The SMILES string of the molecule is COC(=O)C1=C(C)NC(N)=C(C(=O)O)C1c1csc2c(C#N)cccc12. The molecule has 0 bridgehead atoms. The molecule has 0 aliphatic carbocycles. The third-order valence-electron chi connectivity index (χ3n) is 4.29. The fraction of sp³-hybridized carbons (Fsp3) is 0.167. The van der Waals surface area contributed by atoms with Gasteiger partial charge in [-0.3, -0.25) is 0 Å². The maximum atomic E-state index is 12.4. The van der Waals surface area contributed by atoms with Gasteiger partial charge in [0.05, 0.1) is 34.4 Å². The number of thiophene rings is 1. The van der Waals surface area contributed by atoms with Crippen molar-refractivity contribution in [2.45, 2.75) is 12.8 Å². The van der Waals surface area contributed by atoms with E-state index in [1.165, 1.54) is 18.4 Å². The van der Waals surface area contributed by atoms with Gasteiger partial charge < -0.3 is 20.9 Å². The van der Waals surface area contributed by atoms with Crippen LogP contribution in [-0.2, 0) is 14.3 Å². The fourth-order valence-corrected chi connectivity index (χ4v) is 4.23. The summed E-state index contributed by atoms with van der Waals surface area (Å²) in [5.74, 6) is -2.79. The number of esters is 1. The van der Waals surface area contributed by atoms with Gasteiger partial charge in [0.1, 0.15) is 11.9 Å². The van der Waals surface area contributed by atoms with Crippen molar-refractivity contribution in [2.24, 2.45) is 5.73 Å². The summed E-state index contributed by atoms with van der Waals surface area (Å²) in [6, 6.07) is 7.33. The molecule has 0 fully saturated rings. The molecule has 1 aliphatic heterocycles. The number of carboxylic acids is 1. The molecule has 4 N–H and O–H groups in total. The molecule has 0 spiro atoms. The van der Waals surface area contributed by atoms with Gasteiger partial charge in [-0.25, -0.2) is 9.59 Å². The largest absolute Gasteiger partial charge is 0.478 e. The van der Waals surface area contributed by atoms with Crippen LogP contribution in [-0.4, -0.2) is 24.2 Å². The second-order valence-corrected chi connectivity index (χ2v) is 6.59. The first kappa shape index (κ1) is 17.5. The lowest BCUT2D eigenvalue weighted by Crippen LogP contribution is -2.35. The molecule has 2 heterocycles. The zero-order chi connectivity index (χ0) is 19.0. The van der Waals surface area contributed by atoms with Gasteiger partial charge in [-0.05, 0) is 29.3 Å². The fourth-order valence-electron chi connectivity index (χ4n) is 3.17. The molecule has 0 radical (unpaired) electrons. The molecule has 1 atom stereocenters. The third-order valence-corrected chi connectivity index (χ3v) is 5.34. The third kappa shape index (κ3) is 2.59. The van der Waals surface area contributed by atoms with Crippen LogP contribution in [0.15, 0.2) is 46.2 Å². The molecule has 1 aromatic heterocycles. The Morgan fingerprint density at radius 3 is 2.73 bits per heavy atom. The topological polar surface area (TPSA) is 125 Å². The van der Waals surface area contributed by atoms with Gasteiger partial charge >= 0.3 is 11.9 Å². The van der Waals surface area contributed by atoms with Crippen molar-refractivity contribution >= 4 is 33.4 Å². The van der Waals surface area contributed by atoms with Crippen molar-refractivity contribution in [2.75, 3.05) is 7.11 Å². The van der Waals surface area contributed by atoms with E-state index in [-0.39, 0.29) is 17.0 Å². The van der Waals surface area contributed by atoms with Crippen LogP contribution in [0.3, 0.4) is 0 Å². The molecule has 1 aromatic carbocycles. The Kier molecular flexibility index (Phi) is 4.40. The highest BCUT2D eigenvalue weighted by atomic mass is 32.1. The number of nitrogens with one attached hydrogen (secondary N) is 1. The summed E-state index contributed by atoms with van der Waals surface area (Å²) >= 11 is 1.32. The highest BCUT2D eigenvalue weighted by Crippen LogP contribution is 2.43. The zero-order valence-electron chi connectivity index (χ0n) is 14.0. The van der Waals surface area contributed by atoms with Crippen LogP contribution in [0, 0.1) is 11.3 Å². The lowest BCUT2D eigenvalue weighted by Gasteiger charge is -2.28. The number of benzene rings is 1. The predicted molar refractivity (Wildman–Crippen MR) is 96.0 cm³/mol. The quantitative estimate of drug-likeness (QED) is 0.708. The van der Waals surface area contributed by atoms with Crippen LogP contribution < -0.4 is 11.1 Å². The van der Waals surface area contributed by atoms with E-state index in [0.717, 1.165) is 4.70 Å². The summed E-state index contributed by atoms with van der Waals surface area (Å²) in [5.41, 5.74) is 7.50. The average Bonchev–Trinajstić information content (AvgIpc) is 3.03. The van der Waals surface area contributed by atoms with Gasteiger partial charge in [-0.1, -0.05) is 12.1 Å². The Hall–Kier alpha value is -3.31. The minimum absolute atomic E-state index is 0.0246. The first-order chi connectivity index (χ1) is 12.4. The number of hydrogen-bond donors (Lipinski definition) is 3. The Labute approximate surface area is 153 Å². The zero-order valence-corrected chi connectivity index (χ0v) is 14.8. The minimum atomic E-state index is -1.23. The average molecular weight is 369 g/mol. The standard InChI is InChI=1S/C18H15N3O4S/c1-8-12(18(24)25-2)13(14(17(22)23)16(20)21-8)11-7-26-15-9(6-19)4-3-5-10(11)15/h3-5,7,13,21H,20H2,1-2H3,(H,22,23). The molecule has 1 aliphatic rings. The number of carboxylic acid groups (broad SMARTS) is 1. The van der Waals surface area contributed by atoms with Crippen molar-refractivity contribution < 1.29 is 19.4 Å². The van der Waals surface area contributed by atoms with E-state index >= 15 is 0 Å². The summed E-state index contributed by atoms with van der Waals surface area (Å²) in [6.45, 7) is 1.64. The van der Waals surface area contributed by atoms with Crippen molar-refractivity contribution in [1.29, 1.82) is 5.26 Å². The van der Waals surface area contributed by atoms with Crippen molar-refractivity contribution in [3.05, 3.63) is 57.4 Å². The highest BCUT2D eigenvalue weighted by molar-refractivity contribution is 7.17. The summed E-state index contributed by atoms with van der Waals surface area (Å²) in [5, 5.41) is 24.2. The molecule has 0 saturated heterocycles. The number of rotatable bonds is 3. The first-order valence-electron chi connectivity index (χ1n) is 7.60. The molecule has 132 valence electrons. The molecule has 8 heteroatoms. The Balaban J connectivity index is 2.33. The second-order valence-electron chi connectivity index (χ2n) is 5.71. The van der Waals surface area contributed by atoms with Crippen molar-refractivity contribution in [3.8, 4) is 6.07 Å². The number of fused-ring (bicyclic) bond motifs is 1. The van der Waals surface area contributed by atoms with Crippen LogP contribution in [0.25, 0.3) is 10.1 Å². The lowest BCUT2D eigenvalue weighted by atomic mass is 9.81. The van der Waals surface area contributed by atoms with Gasteiger partial charge in [-0.2, -0.15) is 5.26 Å². The molecule has 2 aromatic rings. The van der Waals surface area contributed by atoms with Gasteiger partial charge in [0.15, 0.2) is 0 Å². The molecule has 0 saturated carbocycles. The number of nitrogens with zero attached hydrogens (tertiary/aromatic N) is 1. The van der Waals surface area contributed by atoms with E-state index < -0.39 is 17.9 Å². The number of allylic oxidation sites excluding steroid dienone is 1. The minimum Gasteiger partial charge on any atom is -0.478 e. The number of hydrogen-bond acceptors (Lipinski definition) is 7. The Bertz CT molecular complexity index is 1040. The number of nitriles is 1. The van der Waals surface area contributed by atoms with E-state index in [1.807, 2.05) is 0 Å². The van der Waals surface area contributed by atoms with Gasteiger partial charge in [-0.15, -0.1) is 11.3 Å². The number of carbonyl (C=O) groups excluding carboxylic acids is 1. The molecule has 1 unspecified atom stereocenters. The monoisotopic (exact) mass is 369 g/mol. The van der Waals surface area contributed by atoms with Crippen LogP contribution in [0.4, 0.5) is 0 Å². The van der Waals surface area contributed by atoms with E-state index in [0.29, 0.717) is 22.2 Å². The highest BCUT2D eigenvalue weighted by Gasteiger charge is 2.38. The number of nitrogens with two attached hydrogens (primary N) is 1. The Morgan fingerprint density at radius 1 is 1.38 bits per heavy atom. The first-order valence-corrected chi connectivity index (χ1v) is 8.47. The maximum Gasteiger partial charge on any atom is 0.336 e. The number of carbonyl (C=O) groups is 2. The molecule has 0 amide bonds. The molecule has 3 rings (SSSR count).